The van der Waals surface area contributed by atoms with Gasteiger partial charge in [0.05, 0.1) is 13.3 Å². The zero-order valence-corrected chi connectivity index (χ0v) is 18.1. The van der Waals surface area contributed by atoms with E-state index in [1.165, 1.54) is 32.9 Å². The highest BCUT2D eigenvalue weighted by Gasteiger charge is 2.19. The molecule has 1 saturated carbocycles. The van der Waals surface area contributed by atoms with Crippen molar-refractivity contribution in [1.82, 2.24) is 9.88 Å². The summed E-state index contributed by atoms with van der Waals surface area (Å²) in [4.78, 5) is 24.9. The summed E-state index contributed by atoms with van der Waals surface area (Å²) in [6, 6.07) is 6.73. The number of nitrogens with zero attached hydrogens (tertiary/aromatic N) is 1. The Morgan fingerprint density at radius 2 is 2.10 bits per heavy atom. The second kappa shape index (κ2) is 9.30. The first kappa shape index (κ1) is 21.8. The maximum absolute atomic E-state index is 12.9. The Bertz CT molecular complexity index is 1050. The first-order chi connectivity index (χ1) is 14.3. The number of allylic oxidation sites excluding steroid dienone is 1. The molecule has 0 radical (unpaired) electrons. The molecule has 0 aliphatic heterocycles. The number of hydrogen-bond acceptors (Lipinski definition) is 5. The van der Waals surface area contributed by atoms with Crippen LogP contribution >= 0.6 is 11.6 Å². The van der Waals surface area contributed by atoms with E-state index in [4.69, 9.17) is 21.7 Å². The smallest absolute Gasteiger partial charge is 0.251 e. The highest BCUT2D eigenvalue weighted by Crippen LogP contribution is 2.34. The third-order valence-corrected chi connectivity index (χ3v) is 5.33. The number of hydrogen-bond donors (Lipinski definition) is 2. The molecular weight excluding hydrogens is 402 g/mol. The van der Waals surface area contributed by atoms with Crippen LogP contribution in [0.2, 0.25) is 5.02 Å². The Balaban J connectivity index is 1.90. The Morgan fingerprint density at radius 1 is 1.37 bits per heavy atom. The summed E-state index contributed by atoms with van der Waals surface area (Å²) >= 11 is 6.14. The van der Waals surface area contributed by atoms with E-state index in [1.807, 2.05) is 13.1 Å². The summed E-state index contributed by atoms with van der Waals surface area (Å²) in [5.74, 6) is 0.338. The van der Waals surface area contributed by atoms with Gasteiger partial charge in [0, 0.05) is 46.4 Å². The Kier molecular flexibility index (Phi) is 6.77. The van der Waals surface area contributed by atoms with Crippen LogP contribution in [0.25, 0.3) is 11.1 Å². The van der Waals surface area contributed by atoms with Gasteiger partial charge < -0.3 is 20.0 Å². The molecule has 0 bridgehead atoms. The molecule has 7 heteroatoms. The van der Waals surface area contributed by atoms with Crippen molar-refractivity contribution in [1.29, 1.82) is 5.41 Å². The molecule has 1 heterocycles. The van der Waals surface area contributed by atoms with Crippen molar-refractivity contribution in [3.8, 4) is 16.9 Å². The molecule has 1 aromatic carbocycles. The summed E-state index contributed by atoms with van der Waals surface area (Å²) in [6.07, 6.45) is 7.92. The molecule has 1 atom stereocenters. The minimum Gasteiger partial charge on any atom is -0.495 e. The van der Waals surface area contributed by atoms with E-state index in [0.29, 0.717) is 45.6 Å². The number of aromatic nitrogens is 1. The predicted octanol–water partition coefficient (Wildman–Crippen LogP) is 4.62. The molecule has 30 heavy (non-hydrogen) atoms. The summed E-state index contributed by atoms with van der Waals surface area (Å²) in [7, 11) is 1.52. The fourth-order valence-corrected chi connectivity index (χ4v) is 3.48. The van der Waals surface area contributed by atoms with Crippen molar-refractivity contribution in [2.24, 2.45) is 0 Å². The normalized spacial score (nSPS) is 14.5. The van der Waals surface area contributed by atoms with Crippen LogP contribution in [-0.2, 0) is 0 Å². The van der Waals surface area contributed by atoms with Crippen LogP contribution in [0.3, 0.4) is 0 Å². The highest BCUT2D eigenvalue weighted by atomic mass is 35.5. The fraction of sp³-hybridized carbons (Fsp3) is 0.348. The van der Waals surface area contributed by atoms with Crippen molar-refractivity contribution in [2.45, 2.75) is 45.2 Å². The molecule has 1 aliphatic carbocycles. The van der Waals surface area contributed by atoms with Gasteiger partial charge in [0.15, 0.2) is 5.78 Å². The number of Topliss-reactive ketones (excluding diaryl/α,β-unsaturated/α-hetero) is 1. The summed E-state index contributed by atoms with van der Waals surface area (Å²) < 4.78 is 7.08. The van der Waals surface area contributed by atoms with E-state index in [-0.39, 0.29) is 17.4 Å². The molecule has 0 saturated heterocycles. The number of carbonyl (C=O) groups is 1. The number of ketones is 1. The van der Waals surface area contributed by atoms with Gasteiger partial charge in [0.1, 0.15) is 5.75 Å². The van der Waals surface area contributed by atoms with Crippen LogP contribution in [0.15, 0.2) is 47.5 Å². The Hall–Kier alpha value is -2.86. The molecule has 1 unspecified atom stereocenters. The van der Waals surface area contributed by atoms with Crippen LogP contribution < -0.4 is 15.6 Å². The second-order valence-corrected chi connectivity index (χ2v) is 8.04. The molecule has 0 amide bonds. The largest absolute Gasteiger partial charge is 0.495 e. The van der Waals surface area contributed by atoms with Gasteiger partial charge in [-0.05, 0) is 62.7 Å². The first-order valence-electron chi connectivity index (χ1n) is 9.91. The standard InChI is InChI=1S/C23H26ClN3O3/c1-14(10-17(25)8-9-26-18-5-6-18)27-13-22(30-3)21(12-23(27)29)20-11-16(24)4-7-19(20)15(2)28/h4,7-9,11-14,18,25-26H,5-6,10H2,1-3H3/b9-8-,25-17?. The first-order valence-corrected chi connectivity index (χ1v) is 10.3. The maximum atomic E-state index is 12.9. The van der Waals surface area contributed by atoms with Gasteiger partial charge in [-0.3, -0.25) is 9.59 Å². The topological polar surface area (TPSA) is 84.2 Å². The second-order valence-electron chi connectivity index (χ2n) is 7.60. The van der Waals surface area contributed by atoms with Gasteiger partial charge in [-0.2, -0.15) is 0 Å². The van der Waals surface area contributed by atoms with Gasteiger partial charge in [0.25, 0.3) is 5.56 Å². The lowest BCUT2D eigenvalue weighted by molar-refractivity contribution is 0.101. The minimum absolute atomic E-state index is 0.124. The number of benzene rings is 1. The van der Waals surface area contributed by atoms with Crippen molar-refractivity contribution in [3.05, 3.63) is 63.7 Å². The average Bonchev–Trinajstić information content (AvgIpc) is 3.51. The van der Waals surface area contributed by atoms with Crippen LogP contribution in [0.5, 0.6) is 5.75 Å². The molecular formula is C23H26ClN3O3. The molecule has 6 nitrogen and oxygen atoms in total. The maximum Gasteiger partial charge on any atom is 0.251 e. The number of rotatable bonds is 9. The molecule has 158 valence electrons. The van der Waals surface area contributed by atoms with Crippen LogP contribution in [0.4, 0.5) is 0 Å². The lowest BCUT2D eigenvalue weighted by Crippen LogP contribution is -2.24. The van der Waals surface area contributed by atoms with Gasteiger partial charge >= 0.3 is 0 Å². The van der Waals surface area contributed by atoms with Gasteiger partial charge in [-0.25, -0.2) is 0 Å². The molecule has 2 N–H and O–H groups in total. The number of nitrogens with one attached hydrogen (secondary N) is 2. The summed E-state index contributed by atoms with van der Waals surface area (Å²) in [5, 5.41) is 11.8. The lowest BCUT2D eigenvalue weighted by atomic mass is 9.97. The Labute approximate surface area is 181 Å². The number of ether oxygens (including phenoxy) is 1. The minimum atomic E-state index is -0.235. The molecule has 1 aliphatic rings. The van der Waals surface area contributed by atoms with Gasteiger partial charge in [-0.15, -0.1) is 0 Å². The SMILES string of the molecule is COc1cn(C(C)CC(=N)/C=C\NC2CC2)c(=O)cc1-c1cc(Cl)ccc1C(C)=O. The van der Waals surface area contributed by atoms with E-state index >= 15 is 0 Å². The fourth-order valence-electron chi connectivity index (χ4n) is 3.31. The number of carbonyl (C=O) groups excluding carboxylic acids is 1. The van der Waals surface area contributed by atoms with Crippen LogP contribution in [0, 0.1) is 5.41 Å². The van der Waals surface area contributed by atoms with Gasteiger partial charge in [-0.1, -0.05) is 11.6 Å². The molecule has 2 aromatic rings. The lowest BCUT2D eigenvalue weighted by Gasteiger charge is -2.18. The number of methoxy groups -OCH3 is 1. The Morgan fingerprint density at radius 3 is 2.73 bits per heavy atom. The van der Waals surface area contributed by atoms with E-state index in [2.05, 4.69) is 5.32 Å². The third-order valence-electron chi connectivity index (χ3n) is 5.10. The van der Waals surface area contributed by atoms with Crippen molar-refractivity contribution >= 4 is 23.1 Å². The van der Waals surface area contributed by atoms with Crippen molar-refractivity contribution < 1.29 is 9.53 Å². The van der Waals surface area contributed by atoms with E-state index < -0.39 is 0 Å². The molecule has 1 aromatic heterocycles. The van der Waals surface area contributed by atoms with E-state index in [0.717, 1.165) is 0 Å². The summed E-state index contributed by atoms with van der Waals surface area (Å²) in [6.45, 7) is 3.36. The van der Waals surface area contributed by atoms with Crippen molar-refractivity contribution in [3.63, 3.8) is 0 Å². The highest BCUT2D eigenvalue weighted by molar-refractivity contribution is 6.31. The predicted molar refractivity (Wildman–Crippen MR) is 120 cm³/mol. The zero-order valence-electron chi connectivity index (χ0n) is 17.4. The molecule has 1 fully saturated rings. The number of halogens is 1. The van der Waals surface area contributed by atoms with Gasteiger partial charge in [0.2, 0.25) is 0 Å². The number of pyridine rings is 1. The quantitative estimate of drug-likeness (QED) is 0.452. The van der Waals surface area contributed by atoms with Crippen molar-refractivity contribution in [2.75, 3.05) is 7.11 Å². The van der Waals surface area contributed by atoms with E-state index in [1.54, 1.807) is 35.0 Å². The average molecular weight is 428 g/mol. The third kappa shape index (κ3) is 5.19. The van der Waals surface area contributed by atoms with Crippen LogP contribution in [0.1, 0.15) is 49.5 Å². The van der Waals surface area contributed by atoms with E-state index in [9.17, 15) is 9.59 Å². The summed E-state index contributed by atoms with van der Waals surface area (Å²) in [5.41, 5.74) is 1.74. The van der Waals surface area contributed by atoms with Crippen LogP contribution in [-0.4, -0.2) is 29.2 Å². The monoisotopic (exact) mass is 427 g/mol. The molecule has 0 spiro atoms. The zero-order chi connectivity index (χ0) is 21.8. The molecule has 3 rings (SSSR count).